The van der Waals surface area contributed by atoms with Crippen LogP contribution in [0.5, 0.6) is 0 Å². The van der Waals surface area contributed by atoms with Gasteiger partial charge in [-0.3, -0.25) is 5.01 Å². The third kappa shape index (κ3) is 2.09. The summed E-state index contributed by atoms with van der Waals surface area (Å²) in [5.74, 6) is 6.25. The number of aryl methyl sites for hydroxylation is 1. The first-order valence-electron chi connectivity index (χ1n) is 3.79. The topological polar surface area (TPSA) is 94.2 Å². The van der Waals surface area contributed by atoms with Crippen LogP contribution in [0.3, 0.4) is 0 Å². The molecular formula is C8H13N5. The Morgan fingerprint density at radius 2 is 2.23 bits per heavy atom. The predicted molar refractivity (Wildman–Crippen MR) is 53.4 cm³/mol. The summed E-state index contributed by atoms with van der Waals surface area (Å²) in [6.07, 6.45) is 4.41. The first-order chi connectivity index (χ1) is 6.15. The highest BCUT2D eigenvalue weighted by molar-refractivity contribution is 5.53. The Kier molecular flexibility index (Phi) is 2.71. The van der Waals surface area contributed by atoms with Crippen molar-refractivity contribution in [3.05, 3.63) is 30.2 Å². The van der Waals surface area contributed by atoms with Gasteiger partial charge in [0.15, 0.2) is 0 Å². The number of nitrogens with zero attached hydrogens (tertiary/aromatic N) is 2. The average molecular weight is 179 g/mol. The molecule has 0 atom stereocenters. The van der Waals surface area contributed by atoms with Crippen LogP contribution in [0.15, 0.2) is 24.7 Å². The monoisotopic (exact) mass is 179 g/mol. The molecule has 1 aromatic rings. The Morgan fingerprint density at radius 1 is 1.54 bits per heavy atom. The van der Waals surface area contributed by atoms with Crippen LogP contribution in [-0.2, 0) is 0 Å². The molecule has 0 unspecified atom stereocenters. The number of nitrogens with two attached hydrogens (primary N) is 3. The van der Waals surface area contributed by atoms with Crippen molar-refractivity contribution in [2.45, 2.75) is 6.92 Å². The molecule has 1 aromatic heterocycles. The molecule has 0 aliphatic carbocycles. The van der Waals surface area contributed by atoms with Gasteiger partial charge in [-0.15, -0.1) is 0 Å². The summed E-state index contributed by atoms with van der Waals surface area (Å²) >= 11 is 0. The van der Waals surface area contributed by atoms with E-state index in [1.165, 1.54) is 17.4 Å². The second kappa shape index (κ2) is 3.77. The minimum Gasteiger partial charge on any atom is -0.403 e. The fraction of sp³-hybridized carbons (Fsp3) is 0.125. The molecule has 5 nitrogen and oxygen atoms in total. The minimum absolute atomic E-state index is 0.617. The normalized spacial score (nSPS) is 10.6. The van der Waals surface area contributed by atoms with Crippen molar-refractivity contribution in [1.82, 2.24) is 4.98 Å². The lowest BCUT2D eigenvalue weighted by atomic mass is 10.2. The van der Waals surface area contributed by atoms with E-state index < -0.39 is 0 Å². The van der Waals surface area contributed by atoms with Crippen LogP contribution < -0.4 is 22.3 Å². The van der Waals surface area contributed by atoms with Crippen LogP contribution >= 0.6 is 0 Å². The maximum Gasteiger partial charge on any atom is 0.149 e. The maximum absolute atomic E-state index is 5.62. The molecule has 0 aromatic carbocycles. The molecule has 1 rings (SSSR count). The quantitative estimate of drug-likeness (QED) is 0.441. The van der Waals surface area contributed by atoms with E-state index in [2.05, 4.69) is 4.98 Å². The smallest absolute Gasteiger partial charge is 0.149 e. The van der Waals surface area contributed by atoms with Crippen LogP contribution in [0.4, 0.5) is 11.5 Å². The molecule has 0 radical (unpaired) electrons. The van der Waals surface area contributed by atoms with Crippen molar-refractivity contribution < 1.29 is 0 Å². The first kappa shape index (κ1) is 9.34. The van der Waals surface area contributed by atoms with E-state index >= 15 is 0 Å². The number of anilines is 2. The highest BCUT2D eigenvalue weighted by atomic mass is 15.4. The number of hydrazine groups is 1. The van der Waals surface area contributed by atoms with Crippen molar-refractivity contribution in [2.75, 3.05) is 10.7 Å². The van der Waals surface area contributed by atoms with E-state index in [0.717, 1.165) is 5.56 Å². The Hall–Kier alpha value is -1.75. The molecule has 70 valence electrons. The number of pyridine rings is 1. The molecule has 0 saturated heterocycles. The van der Waals surface area contributed by atoms with E-state index in [0.29, 0.717) is 11.5 Å². The average Bonchev–Trinajstić information content (AvgIpc) is 2.04. The van der Waals surface area contributed by atoms with Crippen LogP contribution in [0, 0.1) is 6.92 Å². The molecular weight excluding hydrogens is 166 g/mol. The Bertz CT molecular complexity index is 320. The summed E-state index contributed by atoms with van der Waals surface area (Å²) in [4.78, 5) is 4.07. The predicted octanol–water partition coefficient (Wildman–Crippen LogP) is 0.0822. The minimum atomic E-state index is 0.617. The van der Waals surface area contributed by atoms with Gasteiger partial charge in [0.25, 0.3) is 0 Å². The zero-order chi connectivity index (χ0) is 9.84. The fourth-order valence-electron chi connectivity index (χ4n) is 1.02. The van der Waals surface area contributed by atoms with Gasteiger partial charge in [0, 0.05) is 12.4 Å². The van der Waals surface area contributed by atoms with E-state index in [-0.39, 0.29) is 0 Å². The lowest BCUT2D eigenvalue weighted by Gasteiger charge is -2.14. The van der Waals surface area contributed by atoms with Gasteiger partial charge >= 0.3 is 0 Å². The van der Waals surface area contributed by atoms with Crippen molar-refractivity contribution in [3.63, 3.8) is 0 Å². The Labute approximate surface area is 76.8 Å². The van der Waals surface area contributed by atoms with Gasteiger partial charge in [-0.05, 0) is 18.6 Å². The third-order valence-corrected chi connectivity index (χ3v) is 1.56. The number of nitrogen functional groups attached to an aromatic ring is 1. The van der Waals surface area contributed by atoms with Crippen molar-refractivity contribution in [1.29, 1.82) is 0 Å². The third-order valence-electron chi connectivity index (χ3n) is 1.56. The molecule has 0 spiro atoms. The van der Waals surface area contributed by atoms with E-state index in [9.17, 15) is 0 Å². The van der Waals surface area contributed by atoms with Crippen molar-refractivity contribution in [2.24, 2.45) is 11.6 Å². The standard InChI is InChI=1S/C8H13N5/c1-6-4-7(10)5-12-8(6)13(11)3-2-9/h2-5H,9-11H2,1H3/b3-2-. The van der Waals surface area contributed by atoms with Crippen molar-refractivity contribution >= 4 is 11.5 Å². The van der Waals surface area contributed by atoms with Gasteiger partial charge in [-0.1, -0.05) is 0 Å². The van der Waals surface area contributed by atoms with Gasteiger partial charge in [-0.2, -0.15) is 0 Å². The zero-order valence-corrected chi connectivity index (χ0v) is 7.44. The van der Waals surface area contributed by atoms with Gasteiger partial charge in [0.05, 0.1) is 11.9 Å². The second-order valence-electron chi connectivity index (χ2n) is 2.66. The second-order valence-corrected chi connectivity index (χ2v) is 2.66. The SMILES string of the molecule is Cc1cc(N)cnc1N(N)/C=C\N. The molecule has 0 bridgehead atoms. The van der Waals surface area contributed by atoms with E-state index in [1.807, 2.05) is 6.92 Å². The number of hydrogen-bond donors (Lipinski definition) is 3. The fourth-order valence-corrected chi connectivity index (χ4v) is 1.02. The van der Waals surface area contributed by atoms with Crippen molar-refractivity contribution in [3.8, 4) is 0 Å². The summed E-state index contributed by atoms with van der Waals surface area (Å²) in [5, 5.41) is 1.34. The summed E-state index contributed by atoms with van der Waals surface area (Å²) in [5.41, 5.74) is 12.2. The van der Waals surface area contributed by atoms with Gasteiger partial charge < -0.3 is 11.5 Å². The molecule has 0 saturated carbocycles. The zero-order valence-electron chi connectivity index (χ0n) is 7.44. The maximum atomic E-state index is 5.62. The molecule has 0 aliphatic rings. The summed E-state index contributed by atoms with van der Waals surface area (Å²) in [6, 6.07) is 1.80. The first-order valence-corrected chi connectivity index (χ1v) is 3.79. The molecule has 0 fully saturated rings. The molecule has 6 N–H and O–H groups in total. The van der Waals surface area contributed by atoms with Gasteiger partial charge in [-0.25, -0.2) is 10.8 Å². The van der Waals surface area contributed by atoms with E-state index in [4.69, 9.17) is 17.3 Å². The van der Waals surface area contributed by atoms with E-state index in [1.54, 1.807) is 12.3 Å². The van der Waals surface area contributed by atoms with Gasteiger partial charge in [0.2, 0.25) is 0 Å². The lowest BCUT2D eigenvalue weighted by molar-refractivity contribution is 1.01. The summed E-state index contributed by atoms with van der Waals surface area (Å²) in [6.45, 7) is 1.88. The number of rotatable bonds is 2. The molecule has 1 heterocycles. The molecule has 5 heteroatoms. The summed E-state index contributed by atoms with van der Waals surface area (Å²) < 4.78 is 0. The number of aromatic nitrogens is 1. The summed E-state index contributed by atoms with van der Waals surface area (Å²) in [7, 11) is 0. The van der Waals surface area contributed by atoms with Crippen LogP contribution in [0.25, 0.3) is 0 Å². The Balaban J connectivity index is 3.01. The van der Waals surface area contributed by atoms with Crippen LogP contribution in [-0.4, -0.2) is 4.98 Å². The Morgan fingerprint density at radius 3 is 2.77 bits per heavy atom. The van der Waals surface area contributed by atoms with Crippen LogP contribution in [0.2, 0.25) is 0 Å². The van der Waals surface area contributed by atoms with Crippen LogP contribution in [0.1, 0.15) is 5.56 Å². The number of hydrogen-bond acceptors (Lipinski definition) is 5. The largest absolute Gasteiger partial charge is 0.403 e. The molecule has 13 heavy (non-hydrogen) atoms. The molecule has 0 amide bonds. The lowest BCUT2D eigenvalue weighted by Crippen LogP contribution is -2.26. The van der Waals surface area contributed by atoms with Gasteiger partial charge in [0.1, 0.15) is 5.82 Å². The highest BCUT2D eigenvalue weighted by Gasteiger charge is 2.03. The molecule has 0 aliphatic heterocycles. The highest BCUT2D eigenvalue weighted by Crippen LogP contribution is 2.16.